The Morgan fingerprint density at radius 2 is 1.59 bits per heavy atom. The van der Waals surface area contributed by atoms with Gasteiger partial charge in [-0.25, -0.2) is 0 Å². The Kier molecular flexibility index (Phi) is 9.47. The summed E-state index contributed by atoms with van der Waals surface area (Å²) in [5.74, 6) is -0.827. The number of carbonyl (C=O) groups is 1. The fraction of sp³-hybridized carbons (Fsp3) is 0.933. The van der Waals surface area contributed by atoms with Crippen LogP contribution >= 0.6 is 7.60 Å². The first kappa shape index (κ1) is 21.6. The van der Waals surface area contributed by atoms with Crippen LogP contribution in [0.2, 0.25) is 0 Å². The third kappa shape index (κ3) is 6.37. The SMILES string of the molecule is CCOC(=O)C(C[C@H](CO)C(C)(C)C)P(=O)(OCC)OCC. The number of hydrogen-bond acceptors (Lipinski definition) is 6. The zero-order valence-electron chi connectivity index (χ0n) is 14.6. The molecule has 0 saturated heterocycles. The molecule has 0 heterocycles. The molecular formula is C15H31O6P. The molecule has 0 aliphatic rings. The summed E-state index contributed by atoms with van der Waals surface area (Å²) in [4.78, 5) is 12.3. The van der Waals surface area contributed by atoms with Gasteiger partial charge in [0.25, 0.3) is 0 Å². The van der Waals surface area contributed by atoms with Gasteiger partial charge in [0.15, 0.2) is 5.66 Å². The van der Waals surface area contributed by atoms with Crippen molar-refractivity contribution < 1.29 is 28.3 Å². The molecule has 1 unspecified atom stereocenters. The Morgan fingerprint density at radius 3 is 1.91 bits per heavy atom. The standard InChI is InChI=1S/C15H31O6P/c1-7-19-14(17)13(10-12(11-16)15(4,5)6)22(18,20-8-2)21-9-3/h12-13,16H,7-11H2,1-6H3/t12-,13?/m1/s1. The van der Waals surface area contributed by atoms with Crippen molar-refractivity contribution in [2.45, 2.75) is 53.6 Å². The van der Waals surface area contributed by atoms with Crippen LogP contribution in [0.4, 0.5) is 0 Å². The summed E-state index contributed by atoms with van der Waals surface area (Å²) in [5.41, 5.74) is -1.27. The quantitative estimate of drug-likeness (QED) is 0.486. The summed E-state index contributed by atoms with van der Waals surface area (Å²) in [6.45, 7) is 11.4. The van der Waals surface area contributed by atoms with Gasteiger partial charge in [0.2, 0.25) is 0 Å². The van der Waals surface area contributed by atoms with Gasteiger partial charge < -0.3 is 18.9 Å². The van der Waals surface area contributed by atoms with Crippen LogP contribution in [0.3, 0.4) is 0 Å². The minimum Gasteiger partial charge on any atom is -0.465 e. The molecule has 0 amide bonds. The number of aliphatic hydroxyl groups is 1. The lowest BCUT2D eigenvalue weighted by atomic mass is 9.78. The van der Waals surface area contributed by atoms with Crippen molar-refractivity contribution in [3.63, 3.8) is 0 Å². The van der Waals surface area contributed by atoms with Crippen molar-refractivity contribution in [3.05, 3.63) is 0 Å². The van der Waals surface area contributed by atoms with E-state index in [0.29, 0.717) is 0 Å². The molecule has 0 spiro atoms. The molecule has 0 aromatic heterocycles. The number of carbonyl (C=O) groups excluding carboxylic acids is 1. The highest BCUT2D eigenvalue weighted by atomic mass is 31.2. The van der Waals surface area contributed by atoms with Gasteiger partial charge in [-0.15, -0.1) is 0 Å². The van der Waals surface area contributed by atoms with Gasteiger partial charge in [0.1, 0.15) is 0 Å². The monoisotopic (exact) mass is 338 g/mol. The van der Waals surface area contributed by atoms with Gasteiger partial charge >= 0.3 is 13.6 Å². The van der Waals surface area contributed by atoms with Gasteiger partial charge in [-0.3, -0.25) is 9.36 Å². The van der Waals surface area contributed by atoms with E-state index in [1.807, 2.05) is 20.8 Å². The molecule has 0 aliphatic heterocycles. The van der Waals surface area contributed by atoms with E-state index in [9.17, 15) is 14.5 Å². The minimum absolute atomic E-state index is 0.113. The normalized spacial score (nSPS) is 15.4. The van der Waals surface area contributed by atoms with E-state index >= 15 is 0 Å². The second kappa shape index (κ2) is 9.66. The van der Waals surface area contributed by atoms with Gasteiger partial charge in [-0.1, -0.05) is 20.8 Å². The van der Waals surface area contributed by atoms with Crippen molar-refractivity contribution in [1.29, 1.82) is 0 Å². The van der Waals surface area contributed by atoms with Gasteiger partial charge in [0.05, 0.1) is 19.8 Å². The van der Waals surface area contributed by atoms with Crippen molar-refractivity contribution >= 4 is 13.6 Å². The summed E-state index contributed by atoms with van der Waals surface area (Å²) < 4.78 is 28.6. The maximum absolute atomic E-state index is 13.0. The highest BCUT2D eigenvalue weighted by molar-refractivity contribution is 7.55. The number of rotatable bonds is 10. The van der Waals surface area contributed by atoms with Crippen LogP contribution in [0.5, 0.6) is 0 Å². The number of ether oxygens (including phenoxy) is 1. The molecule has 0 aromatic carbocycles. The molecular weight excluding hydrogens is 307 g/mol. The molecule has 132 valence electrons. The predicted molar refractivity (Wildman–Crippen MR) is 85.9 cm³/mol. The highest BCUT2D eigenvalue weighted by Crippen LogP contribution is 2.56. The Morgan fingerprint density at radius 1 is 1.09 bits per heavy atom. The predicted octanol–water partition coefficient (Wildman–Crippen LogP) is 3.23. The molecule has 6 nitrogen and oxygen atoms in total. The third-order valence-electron chi connectivity index (χ3n) is 3.51. The van der Waals surface area contributed by atoms with Gasteiger partial charge in [-0.05, 0) is 38.5 Å². The molecule has 0 rings (SSSR count). The lowest BCUT2D eigenvalue weighted by Crippen LogP contribution is -2.34. The lowest BCUT2D eigenvalue weighted by molar-refractivity contribution is -0.143. The van der Waals surface area contributed by atoms with Gasteiger partial charge in [0, 0.05) is 6.61 Å². The van der Waals surface area contributed by atoms with Crippen LogP contribution < -0.4 is 0 Å². The Labute approximate surface area is 134 Å². The second-order valence-corrected chi connectivity index (χ2v) is 8.34. The van der Waals surface area contributed by atoms with Crippen molar-refractivity contribution in [3.8, 4) is 0 Å². The lowest BCUT2D eigenvalue weighted by Gasteiger charge is -2.33. The van der Waals surface area contributed by atoms with Crippen molar-refractivity contribution in [2.75, 3.05) is 26.4 Å². The first-order chi connectivity index (χ1) is 10.2. The average molecular weight is 338 g/mol. The van der Waals surface area contributed by atoms with Crippen LogP contribution in [0.25, 0.3) is 0 Å². The molecule has 2 atom stereocenters. The number of esters is 1. The van der Waals surface area contributed by atoms with Crippen LogP contribution in [-0.2, 0) is 23.1 Å². The maximum atomic E-state index is 13.0. The van der Waals surface area contributed by atoms with E-state index in [0.717, 1.165) is 0 Å². The number of aliphatic hydroxyl groups excluding tert-OH is 1. The van der Waals surface area contributed by atoms with Crippen LogP contribution in [0.15, 0.2) is 0 Å². The first-order valence-electron chi connectivity index (χ1n) is 7.82. The zero-order valence-corrected chi connectivity index (χ0v) is 15.5. The van der Waals surface area contributed by atoms with Crippen molar-refractivity contribution in [1.82, 2.24) is 0 Å². The minimum atomic E-state index is -3.64. The molecule has 22 heavy (non-hydrogen) atoms. The third-order valence-corrected chi connectivity index (χ3v) is 5.93. The van der Waals surface area contributed by atoms with E-state index in [2.05, 4.69) is 0 Å². The van der Waals surface area contributed by atoms with Crippen molar-refractivity contribution in [2.24, 2.45) is 11.3 Å². The summed E-state index contributed by atoms with van der Waals surface area (Å²) in [6.07, 6.45) is 0.191. The fourth-order valence-electron chi connectivity index (χ4n) is 2.14. The first-order valence-corrected chi connectivity index (χ1v) is 9.43. The summed E-state index contributed by atoms with van der Waals surface area (Å²) in [6, 6.07) is 0. The second-order valence-electron chi connectivity index (χ2n) is 6.12. The Balaban J connectivity index is 5.51. The fourth-order valence-corrected chi connectivity index (χ4v) is 4.14. The van der Waals surface area contributed by atoms with E-state index in [1.165, 1.54) is 0 Å². The molecule has 7 heteroatoms. The summed E-state index contributed by atoms with van der Waals surface area (Å²) in [5, 5.41) is 9.62. The average Bonchev–Trinajstić information content (AvgIpc) is 2.38. The largest absolute Gasteiger partial charge is 0.465 e. The Bertz CT molecular complexity index is 367. The summed E-state index contributed by atoms with van der Waals surface area (Å²) >= 11 is 0. The molecule has 0 aromatic rings. The maximum Gasteiger partial charge on any atom is 0.344 e. The van der Waals surface area contributed by atoms with E-state index in [4.69, 9.17) is 13.8 Å². The van der Waals surface area contributed by atoms with Crippen LogP contribution in [-0.4, -0.2) is 43.2 Å². The summed E-state index contributed by atoms with van der Waals surface area (Å²) in [7, 11) is -3.64. The van der Waals surface area contributed by atoms with E-state index < -0.39 is 19.2 Å². The molecule has 0 aliphatic carbocycles. The molecule has 0 bridgehead atoms. The van der Waals surface area contributed by atoms with E-state index in [-0.39, 0.29) is 44.2 Å². The van der Waals surface area contributed by atoms with E-state index in [1.54, 1.807) is 20.8 Å². The molecule has 0 radical (unpaired) electrons. The van der Waals surface area contributed by atoms with Crippen LogP contribution in [0.1, 0.15) is 48.0 Å². The topological polar surface area (TPSA) is 82.1 Å². The van der Waals surface area contributed by atoms with Crippen LogP contribution in [0, 0.1) is 11.3 Å². The molecule has 0 saturated carbocycles. The zero-order chi connectivity index (χ0) is 17.4. The highest BCUT2D eigenvalue weighted by Gasteiger charge is 2.45. The molecule has 1 N–H and O–H groups in total. The number of hydrogen-bond donors (Lipinski definition) is 1. The van der Waals surface area contributed by atoms with Gasteiger partial charge in [-0.2, -0.15) is 0 Å². The molecule has 0 fully saturated rings. The smallest absolute Gasteiger partial charge is 0.344 e. The Hall–Kier alpha value is -0.420.